The van der Waals surface area contributed by atoms with Gasteiger partial charge in [-0.25, -0.2) is 0 Å². The van der Waals surface area contributed by atoms with E-state index in [-0.39, 0.29) is 0 Å². The highest BCUT2D eigenvalue weighted by Gasteiger charge is 2.44. The van der Waals surface area contributed by atoms with E-state index in [0.717, 1.165) is 0 Å². The molecule has 0 bridgehead atoms. The minimum Gasteiger partial charge on any atom is -0.454 e. The molecular weight excluding hydrogens is 227 g/mol. The minimum atomic E-state index is -2.10. The molecule has 0 unspecified atom stereocenters. The van der Waals surface area contributed by atoms with Crippen molar-refractivity contribution in [1.29, 1.82) is 0 Å². The van der Waals surface area contributed by atoms with Gasteiger partial charge in [0, 0.05) is 0 Å². The van der Waals surface area contributed by atoms with Gasteiger partial charge in [0.1, 0.15) is 0 Å². The lowest BCUT2D eigenvalue weighted by Crippen LogP contribution is -2.45. The van der Waals surface area contributed by atoms with E-state index in [9.17, 15) is 0 Å². The second kappa shape index (κ2) is 3.78. The van der Waals surface area contributed by atoms with Crippen molar-refractivity contribution in [3.8, 4) is 0 Å². The van der Waals surface area contributed by atoms with Gasteiger partial charge in [0.25, 0.3) is 0 Å². The summed E-state index contributed by atoms with van der Waals surface area (Å²) in [6.07, 6.45) is 0. The van der Waals surface area contributed by atoms with Gasteiger partial charge >= 0.3 is 0 Å². The largest absolute Gasteiger partial charge is 0.454 e. The maximum absolute atomic E-state index is 5.68. The molecule has 1 nitrogen and oxygen atoms in total. The fraction of sp³-hybridized carbons (Fsp3) is 1.00. The van der Waals surface area contributed by atoms with Crippen molar-refractivity contribution >= 4 is 52.9 Å². The van der Waals surface area contributed by atoms with E-state index >= 15 is 0 Å². The van der Waals surface area contributed by atoms with Crippen LogP contribution in [0.25, 0.3) is 0 Å². The van der Waals surface area contributed by atoms with Crippen molar-refractivity contribution in [2.24, 2.45) is 0 Å². The molecule has 0 aliphatic rings. The fourth-order valence-corrected chi connectivity index (χ4v) is 3.86. The molecule has 0 N–H and O–H groups in total. The van der Waals surface area contributed by atoms with Gasteiger partial charge < -0.3 is 4.12 Å². The van der Waals surface area contributed by atoms with E-state index in [1.54, 1.807) is 0 Å². The summed E-state index contributed by atoms with van der Waals surface area (Å²) < 4.78 is 4.15. The Balaban J connectivity index is 4.10. The van der Waals surface area contributed by atoms with Crippen molar-refractivity contribution in [2.45, 2.75) is 23.1 Å². The Morgan fingerprint density at radius 1 is 1.30 bits per heavy atom. The van der Waals surface area contributed by atoms with Crippen LogP contribution >= 0.6 is 34.8 Å². The molecule has 10 heavy (non-hydrogen) atoms. The molecule has 0 atom stereocenters. The number of hydrogen-bond donors (Lipinski definition) is 0. The van der Waals surface area contributed by atoms with E-state index in [1.807, 2.05) is 19.6 Å². The van der Waals surface area contributed by atoms with Gasteiger partial charge in [-0.15, -0.1) is 0 Å². The summed E-state index contributed by atoms with van der Waals surface area (Å²) in [6, 6.07) is 0. The number of hydrogen-bond acceptors (Lipinski definition) is 1. The van der Waals surface area contributed by atoms with Crippen molar-refractivity contribution < 1.29 is 4.12 Å². The van der Waals surface area contributed by atoms with Crippen LogP contribution in [0.15, 0.2) is 0 Å². The normalized spacial score (nSPS) is 13.8. The summed E-state index contributed by atoms with van der Waals surface area (Å²) in [5.41, 5.74) is 0. The predicted octanol–water partition coefficient (Wildman–Crippen LogP) is 2.78. The van der Waals surface area contributed by atoms with E-state index in [1.165, 1.54) is 0 Å². The van der Waals surface area contributed by atoms with Crippen LogP contribution in [0.5, 0.6) is 0 Å². The van der Waals surface area contributed by atoms with Crippen molar-refractivity contribution in [2.75, 3.05) is 0 Å². The van der Waals surface area contributed by atoms with E-state index in [4.69, 9.17) is 38.9 Å². The summed E-state index contributed by atoms with van der Waals surface area (Å²) in [6.45, 7) is 5.69. The molecule has 0 aromatic carbocycles. The molecular formula is C4H9Cl3OSi2. The summed E-state index contributed by atoms with van der Waals surface area (Å²) in [7, 11) is -1.71. The number of rotatable bonds is 2. The topological polar surface area (TPSA) is 9.23 Å². The molecule has 6 heteroatoms. The predicted molar refractivity (Wildman–Crippen MR) is 50.5 cm³/mol. The maximum Gasteiger partial charge on any atom is 0.230 e. The third kappa shape index (κ3) is 3.11. The summed E-state index contributed by atoms with van der Waals surface area (Å²) in [5.74, 6) is 0. The average Bonchev–Trinajstić information content (AvgIpc) is 1.61. The Labute approximate surface area is 80.1 Å². The van der Waals surface area contributed by atoms with E-state index < -0.39 is 11.7 Å². The first-order chi connectivity index (χ1) is 4.31. The Morgan fingerprint density at radius 3 is 1.80 bits per heavy atom. The monoisotopic (exact) mass is 234 g/mol. The molecule has 0 aliphatic carbocycles. The van der Waals surface area contributed by atoms with Crippen molar-refractivity contribution in [3.05, 3.63) is 0 Å². The first-order valence-electron chi connectivity index (χ1n) is 2.73. The van der Waals surface area contributed by atoms with E-state index in [0.29, 0.717) is 9.76 Å². The molecule has 0 amide bonds. The highest BCUT2D eigenvalue weighted by Crippen LogP contribution is 2.36. The van der Waals surface area contributed by atoms with Gasteiger partial charge in [0.05, 0.1) is 0 Å². The Bertz CT molecular complexity index is 112. The molecule has 2 radical (unpaired) electrons. The van der Waals surface area contributed by atoms with Gasteiger partial charge in [0.15, 0.2) is 0 Å². The average molecular weight is 236 g/mol. The second-order valence-corrected chi connectivity index (χ2v) is 10.5. The summed E-state index contributed by atoms with van der Waals surface area (Å²) in [5, 5.41) is 0. The van der Waals surface area contributed by atoms with Crippen LogP contribution in [0.4, 0.5) is 0 Å². The van der Waals surface area contributed by atoms with Crippen LogP contribution in [0, 0.1) is 0 Å². The van der Waals surface area contributed by atoms with Crippen LogP contribution in [0.1, 0.15) is 0 Å². The molecule has 0 aromatic heterocycles. The molecule has 0 heterocycles. The molecule has 0 spiro atoms. The molecule has 60 valence electrons. The van der Waals surface area contributed by atoms with Crippen LogP contribution in [-0.4, -0.2) is 21.5 Å². The van der Waals surface area contributed by atoms with Gasteiger partial charge in [-0.3, -0.25) is 0 Å². The molecule has 0 saturated heterocycles. The van der Waals surface area contributed by atoms with Gasteiger partial charge in [-0.05, 0) is 19.6 Å². The fourth-order valence-electron chi connectivity index (χ4n) is 0.313. The molecule has 0 rings (SSSR count). The SMILES string of the molecule is C[Si]O[Si](C)(C)C(Cl)(Cl)Cl. The minimum absolute atomic E-state index is 0.391. The first kappa shape index (κ1) is 11.3. The van der Waals surface area contributed by atoms with Gasteiger partial charge in [-0.1, -0.05) is 34.8 Å². The zero-order valence-electron chi connectivity index (χ0n) is 6.04. The highest BCUT2D eigenvalue weighted by molar-refractivity contribution is 7.02. The molecule has 0 saturated carbocycles. The Morgan fingerprint density at radius 2 is 1.70 bits per heavy atom. The third-order valence-electron chi connectivity index (χ3n) is 1.04. The lowest BCUT2D eigenvalue weighted by Gasteiger charge is -2.29. The van der Waals surface area contributed by atoms with Gasteiger partial charge in [-0.2, -0.15) is 0 Å². The summed E-state index contributed by atoms with van der Waals surface area (Å²) in [4.78, 5) is 0. The first-order valence-corrected chi connectivity index (χ1v) is 8.18. The van der Waals surface area contributed by atoms with Crippen molar-refractivity contribution in [1.82, 2.24) is 0 Å². The van der Waals surface area contributed by atoms with E-state index in [2.05, 4.69) is 0 Å². The van der Waals surface area contributed by atoms with Crippen molar-refractivity contribution in [3.63, 3.8) is 0 Å². The Hall–Kier alpha value is 1.26. The second-order valence-electron chi connectivity index (χ2n) is 2.31. The summed E-state index contributed by atoms with van der Waals surface area (Å²) >= 11 is 17.0. The highest BCUT2D eigenvalue weighted by atomic mass is 35.6. The zero-order chi connectivity index (χ0) is 8.41. The molecule has 0 fully saturated rings. The lowest BCUT2D eigenvalue weighted by atomic mass is 11.8. The smallest absolute Gasteiger partial charge is 0.230 e. The third-order valence-corrected chi connectivity index (χ3v) is 9.36. The standard InChI is InChI=1S/C4H9Cl3OSi2/c1-9-8-10(2,3)4(5,6)7/h1-3H3. The van der Waals surface area contributed by atoms with Gasteiger partial charge in [0.2, 0.25) is 21.5 Å². The number of halogens is 3. The maximum atomic E-state index is 5.68. The van der Waals surface area contributed by atoms with Crippen LogP contribution in [0.3, 0.4) is 0 Å². The zero-order valence-corrected chi connectivity index (χ0v) is 10.3. The van der Waals surface area contributed by atoms with Crippen LogP contribution in [0.2, 0.25) is 19.6 Å². The Kier molecular flexibility index (Phi) is 4.26. The number of alkyl halides is 3. The van der Waals surface area contributed by atoms with Crippen LogP contribution < -0.4 is 0 Å². The quantitative estimate of drug-likeness (QED) is 0.528. The molecule has 0 aromatic rings. The van der Waals surface area contributed by atoms with Crippen LogP contribution in [-0.2, 0) is 4.12 Å². The lowest BCUT2D eigenvalue weighted by molar-refractivity contribution is 0.593. The molecule has 0 aliphatic heterocycles.